The van der Waals surface area contributed by atoms with Gasteiger partial charge in [-0.15, -0.1) is 11.3 Å². The fourth-order valence-electron chi connectivity index (χ4n) is 3.23. The number of anilines is 2. The van der Waals surface area contributed by atoms with E-state index in [-0.39, 0.29) is 30.5 Å². The first-order valence-electron chi connectivity index (χ1n) is 10.2. The third-order valence-electron chi connectivity index (χ3n) is 4.93. The van der Waals surface area contributed by atoms with E-state index in [4.69, 9.17) is 10.5 Å². The Morgan fingerprint density at radius 3 is 2.59 bits per heavy atom. The van der Waals surface area contributed by atoms with Gasteiger partial charge in [-0.25, -0.2) is 9.18 Å². The van der Waals surface area contributed by atoms with Gasteiger partial charge in [0.2, 0.25) is 0 Å². The zero-order valence-electron chi connectivity index (χ0n) is 17.9. The number of nitrogens with two attached hydrogens (primary N) is 1. The number of nitrogens with one attached hydrogen (secondary N) is 1. The Hall–Kier alpha value is -3.24. The number of hydrogen-bond donors (Lipinski definition) is 2. The summed E-state index contributed by atoms with van der Waals surface area (Å²) < 4.78 is 19.6. The normalized spacial score (nSPS) is 11.0. The van der Waals surface area contributed by atoms with Gasteiger partial charge in [0.15, 0.2) is 5.69 Å². The number of nitrogen functional groups attached to an aromatic ring is 1. The zero-order chi connectivity index (χ0) is 23.3. The van der Waals surface area contributed by atoms with Crippen molar-refractivity contribution in [2.24, 2.45) is 0 Å². The predicted molar refractivity (Wildman–Crippen MR) is 124 cm³/mol. The molecule has 0 aliphatic carbocycles. The largest absolute Gasteiger partial charge is 0.383 e. The maximum Gasteiger partial charge on any atom is 0.330 e. The van der Waals surface area contributed by atoms with Crippen molar-refractivity contribution < 1.29 is 13.9 Å². The molecule has 0 saturated carbocycles. The molecule has 0 spiro atoms. The highest BCUT2D eigenvalue weighted by Crippen LogP contribution is 2.30. The van der Waals surface area contributed by atoms with Gasteiger partial charge in [-0.2, -0.15) is 0 Å². The fourth-order valence-corrected chi connectivity index (χ4v) is 4.19. The quantitative estimate of drug-likeness (QED) is 0.510. The van der Waals surface area contributed by atoms with Gasteiger partial charge in [-0.1, -0.05) is 25.5 Å². The summed E-state index contributed by atoms with van der Waals surface area (Å²) in [6.07, 6.45) is 1.52. The molecule has 2 heterocycles. The Morgan fingerprint density at radius 2 is 1.94 bits per heavy atom. The minimum atomic E-state index is -0.736. The van der Waals surface area contributed by atoms with E-state index >= 15 is 0 Å². The van der Waals surface area contributed by atoms with Crippen LogP contribution in [0.4, 0.5) is 15.9 Å². The monoisotopic (exact) mass is 460 g/mol. The highest BCUT2D eigenvalue weighted by atomic mass is 32.1. The lowest BCUT2D eigenvalue weighted by Gasteiger charge is -2.23. The van der Waals surface area contributed by atoms with Crippen LogP contribution in [0, 0.1) is 5.82 Å². The lowest BCUT2D eigenvalue weighted by molar-refractivity contribution is 0.0979. The van der Waals surface area contributed by atoms with Crippen LogP contribution < -0.4 is 21.9 Å². The number of aromatic amines is 1. The van der Waals surface area contributed by atoms with Gasteiger partial charge in [-0.05, 0) is 36.2 Å². The molecule has 1 aromatic carbocycles. The average molecular weight is 461 g/mol. The summed E-state index contributed by atoms with van der Waals surface area (Å²) in [6, 6.07) is 9.36. The number of carbonyl (C=O) groups excluding carboxylic acids is 1. The van der Waals surface area contributed by atoms with Gasteiger partial charge >= 0.3 is 5.69 Å². The molecule has 0 unspecified atom stereocenters. The summed E-state index contributed by atoms with van der Waals surface area (Å²) >= 11 is 1.21. The lowest BCUT2D eigenvalue weighted by Crippen LogP contribution is -2.42. The number of halogens is 1. The Balaban J connectivity index is 2.02. The number of amides is 1. The van der Waals surface area contributed by atoms with E-state index in [0.717, 1.165) is 16.9 Å². The molecule has 0 bridgehead atoms. The van der Waals surface area contributed by atoms with Crippen LogP contribution in [-0.2, 0) is 11.3 Å². The molecule has 0 fully saturated rings. The summed E-state index contributed by atoms with van der Waals surface area (Å²) in [5, 5.41) is 0. The summed E-state index contributed by atoms with van der Waals surface area (Å²) in [4.78, 5) is 43.0. The van der Waals surface area contributed by atoms with Crippen molar-refractivity contribution in [2.75, 3.05) is 30.9 Å². The van der Waals surface area contributed by atoms with Gasteiger partial charge < -0.3 is 10.5 Å². The second-order valence-corrected chi connectivity index (χ2v) is 8.20. The highest BCUT2D eigenvalue weighted by molar-refractivity contribution is 7.17. The number of rotatable bonds is 9. The van der Waals surface area contributed by atoms with Crippen molar-refractivity contribution in [2.45, 2.75) is 26.3 Å². The zero-order valence-corrected chi connectivity index (χ0v) is 18.7. The first kappa shape index (κ1) is 23.4. The maximum absolute atomic E-state index is 13.4. The third kappa shape index (κ3) is 4.97. The minimum Gasteiger partial charge on any atom is -0.383 e. The topological polar surface area (TPSA) is 110 Å². The van der Waals surface area contributed by atoms with Crippen LogP contribution in [0.25, 0.3) is 10.4 Å². The molecule has 2 aromatic heterocycles. The van der Waals surface area contributed by atoms with E-state index in [9.17, 15) is 18.8 Å². The van der Waals surface area contributed by atoms with Crippen LogP contribution in [0.15, 0.2) is 46.0 Å². The van der Waals surface area contributed by atoms with Crippen molar-refractivity contribution in [3.8, 4) is 10.4 Å². The Morgan fingerprint density at radius 1 is 1.22 bits per heavy atom. The van der Waals surface area contributed by atoms with Crippen LogP contribution in [0.5, 0.6) is 0 Å². The number of benzene rings is 1. The summed E-state index contributed by atoms with van der Waals surface area (Å²) in [5.74, 6) is -0.856. The van der Waals surface area contributed by atoms with E-state index in [2.05, 4.69) is 4.98 Å². The molecule has 0 radical (unpaired) electrons. The number of unbranched alkanes of at least 4 members (excludes halogenated alkanes) is 1. The number of aromatic nitrogens is 2. The van der Waals surface area contributed by atoms with E-state index in [0.29, 0.717) is 17.8 Å². The smallest absolute Gasteiger partial charge is 0.330 e. The van der Waals surface area contributed by atoms with Gasteiger partial charge in [-0.3, -0.25) is 24.0 Å². The maximum atomic E-state index is 13.4. The summed E-state index contributed by atoms with van der Waals surface area (Å²) in [5.41, 5.74) is 5.54. The Bertz CT molecular complexity index is 1200. The number of methoxy groups -OCH3 is 1. The molecule has 32 heavy (non-hydrogen) atoms. The minimum absolute atomic E-state index is 0.0630. The summed E-state index contributed by atoms with van der Waals surface area (Å²) in [7, 11) is 1.48. The van der Waals surface area contributed by atoms with E-state index in [1.54, 1.807) is 24.3 Å². The van der Waals surface area contributed by atoms with E-state index < -0.39 is 17.2 Å². The van der Waals surface area contributed by atoms with Crippen LogP contribution in [0.3, 0.4) is 0 Å². The molecule has 170 valence electrons. The number of H-pyrrole nitrogens is 1. The van der Waals surface area contributed by atoms with Crippen LogP contribution in [0.1, 0.15) is 29.4 Å². The first-order chi connectivity index (χ1) is 15.4. The number of thiophene rings is 1. The van der Waals surface area contributed by atoms with Crippen molar-refractivity contribution in [3.05, 3.63) is 67.9 Å². The third-order valence-corrected chi connectivity index (χ3v) is 6.05. The Labute approximate surface area is 188 Å². The molecule has 3 aromatic rings. The van der Waals surface area contributed by atoms with Gasteiger partial charge in [0, 0.05) is 25.1 Å². The fraction of sp³-hybridized carbons (Fsp3) is 0.318. The molecule has 3 rings (SSSR count). The standard InChI is InChI=1S/C22H25FN4O4S/c1-3-4-11-27-19(24)18(20(28)25-22(27)30)26(12-13-31-2)21(29)17-10-9-16(32-17)14-5-7-15(23)8-6-14/h5-10H,3-4,11-13,24H2,1-2H3,(H,25,28,30). The molecule has 0 aliphatic heterocycles. The number of ether oxygens (including phenoxy) is 1. The number of carbonyl (C=O) groups is 1. The van der Waals surface area contributed by atoms with Gasteiger partial charge in [0.1, 0.15) is 11.6 Å². The number of nitrogens with zero attached hydrogens (tertiary/aromatic N) is 2. The van der Waals surface area contributed by atoms with E-state index in [1.165, 1.54) is 40.0 Å². The predicted octanol–water partition coefficient (Wildman–Crippen LogP) is 3.08. The van der Waals surface area contributed by atoms with Crippen LogP contribution in [0.2, 0.25) is 0 Å². The van der Waals surface area contributed by atoms with Gasteiger partial charge in [0.25, 0.3) is 11.5 Å². The van der Waals surface area contributed by atoms with Crippen LogP contribution >= 0.6 is 11.3 Å². The number of hydrogen-bond acceptors (Lipinski definition) is 6. The Kier molecular flexibility index (Phi) is 7.60. The second kappa shape index (κ2) is 10.4. The lowest BCUT2D eigenvalue weighted by atomic mass is 10.2. The van der Waals surface area contributed by atoms with Crippen molar-refractivity contribution in [1.82, 2.24) is 9.55 Å². The molecule has 0 saturated heterocycles. The van der Waals surface area contributed by atoms with Crippen molar-refractivity contribution >= 4 is 28.7 Å². The molecular formula is C22H25FN4O4S. The first-order valence-corrected chi connectivity index (χ1v) is 11.0. The molecule has 3 N–H and O–H groups in total. The van der Waals surface area contributed by atoms with Crippen LogP contribution in [-0.4, -0.2) is 35.7 Å². The van der Waals surface area contributed by atoms with Crippen molar-refractivity contribution in [1.29, 1.82) is 0 Å². The molecule has 10 heteroatoms. The summed E-state index contributed by atoms with van der Waals surface area (Å²) in [6.45, 7) is 2.52. The van der Waals surface area contributed by atoms with Gasteiger partial charge in [0.05, 0.1) is 11.5 Å². The molecular weight excluding hydrogens is 435 g/mol. The van der Waals surface area contributed by atoms with E-state index in [1.807, 2.05) is 6.92 Å². The SMILES string of the molecule is CCCCn1c(N)c(N(CCOC)C(=O)c2ccc(-c3ccc(F)cc3)s2)c(=O)[nH]c1=O. The highest BCUT2D eigenvalue weighted by Gasteiger charge is 2.26. The molecule has 8 nitrogen and oxygen atoms in total. The molecule has 1 amide bonds. The second-order valence-electron chi connectivity index (χ2n) is 7.12. The molecule has 0 aliphatic rings. The van der Waals surface area contributed by atoms with Crippen molar-refractivity contribution in [3.63, 3.8) is 0 Å². The molecule has 0 atom stereocenters. The average Bonchev–Trinajstić information content (AvgIpc) is 3.26.